The van der Waals surface area contributed by atoms with Crippen molar-refractivity contribution in [2.24, 2.45) is 28.1 Å². The Morgan fingerprint density at radius 1 is 1.04 bits per heavy atom. The second-order valence-electron chi connectivity index (χ2n) is 6.81. The Balaban J connectivity index is 5.12. The third kappa shape index (κ3) is 10.4. The number of aliphatic hydroxyl groups excluding tert-OH is 1. The minimum Gasteiger partial charge on any atom is -0.480 e. The fourth-order valence-electron chi connectivity index (χ4n) is 2.22. The van der Waals surface area contributed by atoms with Crippen LogP contribution in [0.1, 0.15) is 40.0 Å². The summed E-state index contributed by atoms with van der Waals surface area (Å²) in [6.07, 6.45) is -0.344. The van der Waals surface area contributed by atoms with Gasteiger partial charge in [-0.15, -0.1) is 0 Å². The van der Waals surface area contributed by atoms with Crippen LogP contribution >= 0.6 is 0 Å². The molecule has 0 bridgehead atoms. The molecule has 27 heavy (non-hydrogen) atoms. The number of carbonyl (C=O) groups is 3. The van der Waals surface area contributed by atoms with Gasteiger partial charge in [0.05, 0.1) is 6.10 Å². The molecule has 0 aliphatic carbocycles. The molecule has 10 N–H and O–H groups in total. The number of aliphatic carboxylic acids is 1. The molecule has 0 aromatic carbocycles. The van der Waals surface area contributed by atoms with E-state index in [2.05, 4.69) is 15.6 Å². The van der Waals surface area contributed by atoms with E-state index >= 15 is 0 Å². The van der Waals surface area contributed by atoms with E-state index in [1.807, 2.05) is 13.8 Å². The average Bonchev–Trinajstić information content (AvgIpc) is 2.54. The lowest BCUT2D eigenvalue weighted by Gasteiger charge is -2.24. The Bertz CT molecular complexity index is 533. The lowest BCUT2D eigenvalue weighted by Crippen LogP contribution is -2.56. The highest BCUT2D eigenvalue weighted by atomic mass is 16.4. The van der Waals surface area contributed by atoms with E-state index in [4.69, 9.17) is 17.2 Å². The Kier molecular flexibility index (Phi) is 11.0. The number of nitrogens with two attached hydrogens (primary N) is 3. The lowest BCUT2D eigenvalue weighted by atomic mass is 10.0. The van der Waals surface area contributed by atoms with Gasteiger partial charge in [-0.2, -0.15) is 0 Å². The summed E-state index contributed by atoms with van der Waals surface area (Å²) >= 11 is 0. The number of rotatable bonds is 12. The molecule has 11 heteroatoms. The summed E-state index contributed by atoms with van der Waals surface area (Å²) in [5.74, 6) is -2.59. The molecule has 11 nitrogen and oxygen atoms in total. The van der Waals surface area contributed by atoms with E-state index in [-0.39, 0.29) is 31.3 Å². The highest BCUT2D eigenvalue weighted by molar-refractivity contribution is 5.91. The number of carboxylic acids is 1. The van der Waals surface area contributed by atoms with Crippen LogP contribution in [0.5, 0.6) is 0 Å². The van der Waals surface area contributed by atoms with Crippen molar-refractivity contribution in [1.82, 2.24) is 10.6 Å². The standard InChI is InChI=1S/C16H32N6O5/c1-8(2)7-11(15(26)27)22-13(24)10(5-4-6-20-16(18)19)21-14(25)12(17)9(3)23/h8-12,23H,4-7,17H2,1-3H3,(H,21,25)(H,22,24)(H,26,27)(H4,18,19,20). The van der Waals surface area contributed by atoms with Crippen LogP contribution in [-0.2, 0) is 14.4 Å². The van der Waals surface area contributed by atoms with Crippen molar-refractivity contribution in [2.75, 3.05) is 6.54 Å². The van der Waals surface area contributed by atoms with Gasteiger partial charge in [-0.3, -0.25) is 14.6 Å². The first kappa shape index (κ1) is 24.6. The first-order chi connectivity index (χ1) is 12.5. The smallest absolute Gasteiger partial charge is 0.326 e. The summed E-state index contributed by atoms with van der Waals surface area (Å²) in [6, 6.07) is -3.34. The quantitative estimate of drug-likeness (QED) is 0.111. The first-order valence-electron chi connectivity index (χ1n) is 8.78. The number of nitrogens with one attached hydrogen (secondary N) is 2. The van der Waals surface area contributed by atoms with Crippen LogP contribution in [0.25, 0.3) is 0 Å². The van der Waals surface area contributed by atoms with Crippen LogP contribution in [0, 0.1) is 5.92 Å². The van der Waals surface area contributed by atoms with Gasteiger partial charge in [-0.05, 0) is 32.1 Å². The maximum absolute atomic E-state index is 12.5. The van der Waals surface area contributed by atoms with Gasteiger partial charge in [-0.1, -0.05) is 13.8 Å². The molecule has 0 saturated heterocycles. The molecule has 0 aliphatic rings. The van der Waals surface area contributed by atoms with Crippen LogP contribution in [0.15, 0.2) is 4.99 Å². The summed E-state index contributed by atoms with van der Waals surface area (Å²) in [5.41, 5.74) is 16.1. The summed E-state index contributed by atoms with van der Waals surface area (Å²) in [4.78, 5) is 39.7. The van der Waals surface area contributed by atoms with E-state index in [0.717, 1.165) is 0 Å². The van der Waals surface area contributed by atoms with Crippen LogP contribution in [-0.4, -0.2) is 64.7 Å². The van der Waals surface area contributed by atoms with E-state index in [1.54, 1.807) is 0 Å². The van der Waals surface area contributed by atoms with Gasteiger partial charge in [0, 0.05) is 6.54 Å². The summed E-state index contributed by atoms with van der Waals surface area (Å²) in [7, 11) is 0. The van der Waals surface area contributed by atoms with E-state index in [9.17, 15) is 24.6 Å². The second-order valence-corrected chi connectivity index (χ2v) is 6.81. The molecule has 4 unspecified atom stereocenters. The number of aliphatic hydroxyl groups is 1. The lowest BCUT2D eigenvalue weighted by molar-refractivity contribution is -0.142. The fraction of sp³-hybridized carbons (Fsp3) is 0.750. The van der Waals surface area contributed by atoms with Crippen LogP contribution < -0.4 is 27.8 Å². The molecule has 0 aromatic rings. The largest absolute Gasteiger partial charge is 0.480 e. The molecule has 156 valence electrons. The molecule has 2 amide bonds. The molecule has 0 heterocycles. The minimum absolute atomic E-state index is 0.0463. The molecular formula is C16H32N6O5. The van der Waals surface area contributed by atoms with Crippen molar-refractivity contribution in [3.8, 4) is 0 Å². The molecule has 0 spiro atoms. The summed E-state index contributed by atoms with van der Waals surface area (Å²) in [5, 5.41) is 23.6. The van der Waals surface area contributed by atoms with Crippen molar-refractivity contribution < 1.29 is 24.6 Å². The summed E-state index contributed by atoms with van der Waals surface area (Å²) in [6.45, 7) is 5.25. The Labute approximate surface area is 158 Å². The molecule has 0 rings (SSSR count). The zero-order chi connectivity index (χ0) is 21.1. The number of nitrogens with zero attached hydrogens (tertiary/aromatic N) is 1. The highest BCUT2D eigenvalue weighted by Gasteiger charge is 2.29. The molecule has 0 aliphatic heterocycles. The molecular weight excluding hydrogens is 356 g/mol. The van der Waals surface area contributed by atoms with Gasteiger partial charge in [0.15, 0.2) is 5.96 Å². The zero-order valence-corrected chi connectivity index (χ0v) is 16.0. The minimum atomic E-state index is -1.22. The van der Waals surface area contributed by atoms with Crippen LogP contribution in [0.3, 0.4) is 0 Å². The van der Waals surface area contributed by atoms with Crippen molar-refractivity contribution in [3.05, 3.63) is 0 Å². The predicted molar refractivity (Wildman–Crippen MR) is 101 cm³/mol. The van der Waals surface area contributed by atoms with Crippen molar-refractivity contribution in [2.45, 2.75) is 64.3 Å². The number of hydrogen-bond donors (Lipinski definition) is 7. The Morgan fingerprint density at radius 3 is 2.04 bits per heavy atom. The first-order valence-corrected chi connectivity index (χ1v) is 8.78. The third-order valence-electron chi connectivity index (χ3n) is 3.72. The molecule has 0 radical (unpaired) electrons. The van der Waals surface area contributed by atoms with Gasteiger partial charge in [0.25, 0.3) is 0 Å². The SMILES string of the molecule is CC(C)CC(NC(=O)C(CCCN=C(N)N)NC(=O)C(N)C(C)O)C(=O)O. The van der Waals surface area contributed by atoms with Crippen molar-refractivity contribution in [3.63, 3.8) is 0 Å². The average molecular weight is 388 g/mol. The number of aliphatic imine (C=N–C) groups is 1. The Morgan fingerprint density at radius 2 is 1.59 bits per heavy atom. The fourth-order valence-corrected chi connectivity index (χ4v) is 2.22. The molecule has 0 fully saturated rings. The van der Waals surface area contributed by atoms with Gasteiger partial charge in [-0.25, -0.2) is 4.79 Å². The van der Waals surface area contributed by atoms with E-state index in [0.29, 0.717) is 6.42 Å². The number of hydrogen-bond acceptors (Lipinski definition) is 6. The van der Waals surface area contributed by atoms with Gasteiger partial charge in [0.1, 0.15) is 18.1 Å². The normalized spacial score (nSPS) is 15.3. The van der Waals surface area contributed by atoms with Crippen LogP contribution in [0.4, 0.5) is 0 Å². The number of carbonyl (C=O) groups excluding carboxylic acids is 2. The van der Waals surface area contributed by atoms with Crippen molar-refractivity contribution >= 4 is 23.7 Å². The zero-order valence-electron chi connectivity index (χ0n) is 16.0. The molecule has 4 atom stereocenters. The number of carboxylic acid groups (broad SMARTS) is 1. The predicted octanol–water partition coefficient (Wildman–Crippen LogP) is -2.15. The monoisotopic (exact) mass is 388 g/mol. The van der Waals surface area contributed by atoms with Gasteiger partial charge < -0.3 is 38.0 Å². The number of guanidine groups is 1. The van der Waals surface area contributed by atoms with Gasteiger partial charge >= 0.3 is 5.97 Å². The third-order valence-corrected chi connectivity index (χ3v) is 3.72. The highest BCUT2D eigenvalue weighted by Crippen LogP contribution is 2.07. The molecule has 0 aromatic heterocycles. The van der Waals surface area contributed by atoms with Gasteiger partial charge in [0.2, 0.25) is 11.8 Å². The van der Waals surface area contributed by atoms with E-state index < -0.39 is 42.0 Å². The van der Waals surface area contributed by atoms with E-state index in [1.165, 1.54) is 6.92 Å². The topological polar surface area (TPSA) is 206 Å². The summed E-state index contributed by atoms with van der Waals surface area (Å²) < 4.78 is 0. The Hall–Kier alpha value is -2.40. The number of amides is 2. The maximum atomic E-state index is 12.5. The maximum Gasteiger partial charge on any atom is 0.326 e. The van der Waals surface area contributed by atoms with Crippen molar-refractivity contribution in [1.29, 1.82) is 0 Å². The van der Waals surface area contributed by atoms with Crippen LogP contribution in [0.2, 0.25) is 0 Å². The second kappa shape index (κ2) is 12.1. The molecule has 0 saturated carbocycles.